The summed E-state index contributed by atoms with van der Waals surface area (Å²) in [5.41, 5.74) is 7.78. The largest absolute Gasteiger partial charge is 0.330 e. The standard InChI is InChI=1S/C13H16N4/c14-7-2-5-11-4-1-6-12(10-11)17-13-15-8-3-9-16-13/h1,3-4,6,8-10H,2,5,7,14H2,(H,15,16,17). The molecule has 4 nitrogen and oxygen atoms in total. The minimum atomic E-state index is 0.614. The van der Waals surface area contributed by atoms with Crippen LogP contribution in [0.1, 0.15) is 12.0 Å². The normalized spacial score (nSPS) is 10.2. The van der Waals surface area contributed by atoms with E-state index in [0.717, 1.165) is 25.1 Å². The van der Waals surface area contributed by atoms with Gasteiger partial charge in [0.25, 0.3) is 0 Å². The van der Waals surface area contributed by atoms with Crippen LogP contribution in [0.2, 0.25) is 0 Å². The first-order valence-electron chi connectivity index (χ1n) is 5.71. The summed E-state index contributed by atoms with van der Waals surface area (Å²) < 4.78 is 0. The smallest absolute Gasteiger partial charge is 0.227 e. The van der Waals surface area contributed by atoms with Gasteiger partial charge in [0.1, 0.15) is 0 Å². The van der Waals surface area contributed by atoms with Crippen LogP contribution in [0.25, 0.3) is 0 Å². The van der Waals surface area contributed by atoms with Crippen LogP contribution >= 0.6 is 0 Å². The number of hydrogen-bond donors (Lipinski definition) is 2. The van der Waals surface area contributed by atoms with Crippen molar-refractivity contribution in [3.8, 4) is 0 Å². The molecule has 0 atom stereocenters. The van der Waals surface area contributed by atoms with E-state index in [9.17, 15) is 0 Å². The van der Waals surface area contributed by atoms with E-state index in [1.54, 1.807) is 18.5 Å². The number of hydrogen-bond acceptors (Lipinski definition) is 4. The average Bonchev–Trinajstić information content (AvgIpc) is 2.38. The minimum absolute atomic E-state index is 0.614. The maximum Gasteiger partial charge on any atom is 0.227 e. The van der Waals surface area contributed by atoms with Crippen LogP contribution in [0.15, 0.2) is 42.7 Å². The Hall–Kier alpha value is -1.94. The zero-order valence-electron chi connectivity index (χ0n) is 9.63. The van der Waals surface area contributed by atoms with Crippen LogP contribution in [-0.4, -0.2) is 16.5 Å². The van der Waals surface area contributed by atoms with Gasteiger partial charge in [0, 0.05) is 18.1 Å². The molecule has 1 heterocycles. The Morgan fingerprint density at radius 1 is 1.12 bits per heavy atom. The third kappa shape index (κ3) is 3.53. The van der Waals surface area contributed by atoms with E-state index >= 15 is 0 Å². The number of aryl methyl sites for hydroxylation is 1. The molecule has 0 fully saturated rings. The number of nitrogens with one attached hydrogen (secondary N) is 1. The van der Waals surface area contributed by atoms with Gasteiger partial charge >= 0.3 is 0 Å². The second kappa shape index (κ2) is 5.96. The molecular formula is C13H16N4. The molecular weight excluding hydrogens is 212 g/mol. The monoisotopic (exact) mass is 228 g/mol. The third-order valence-corrected chi connectivity index (χ3v) is 2.42. The lowest BCUT2D eigenvalue weighted by atomic mass is 10.1. The first-order chi connectivity index (χ1) is 8.38. The summed E-state index contributed by atoms with van der Waals surface area (Å²) in [6.07, 6.45) is 5.44. The van der Waals surface area contributed by atoms with Gasteiger partial charge in [-0.05, 0) is 43.1 Å². The van der Waals surface area contributed by atoms with Crippen molar-refractivity contribution >= 4 is 11.6 Å². The van der Waals surface area contributed by atoms with Crippen molar-refractivity contribution in [2.24, 2.45) is 5.73 Å². The lowest BCUT2D eigenvalue weighted by Gasteiger charge is -2.06. The molecule has 0 bridgehead atoms. The lowest BCUT2D eigenvalue weighted by molar-refractivity contribution is 0.833. The lowest BCUT2D eigenvalue weighted by Crippen LogP contribution is -2.01. The summed E-state index contributed by atoms with van der Waals surface area (Å²) in [7, 11) is 0. The summed E-state index contributed by atoms with van der Waals surface area (Å²) in [4.78, 5) is 8.25. The number of aromatic nitrogens is 2. The van der Waals surface area contributed by atoms with E-state index in [1.807, 2.05) is 12.1 Å². The van der Waals surface area contributed by atoms with Gasteiger partial charge in [-0.15, -0.1) is 0 Å². The van der Waals surface area contributed by atoms with Gasteiger partial charge in [-0.3, -0.25) is 0 Å². The van der Waals surface area contributed by atoms with E-state index in [4.69, 9.17) is 5.73 Å². The van der Waals surface area contributed by atoms with Crippen molar-refractivity contribution < 1.29 is 0 Å². The van der Waals surface area contributed by atoms with Gasteiger partial charge in [-0.1, -0.05) is 12.1 Å². The minimum Gasteiger partial charge on any atom is -0.330 e. The molecule has 3 N–H and O–H groups in total. The van der Waals surface area contributed by atoms with Gasteiger partial charge in [0.2, 0.25) is 5.95 Å². The van der Waals surface area contributed by atoms with Crippen LogP contribution in [0, 0.1) is 0 Å². The summed E-state index contributed by atoms with van der Waals surface area (Å²) in [6.45, 7) is 0.722. The van der Waals surface area contributed by atoms with Gasteiger partial charge in [0.05, 0.1) is 0 Å². The second-order valence-electron chi connectivity index (χ2n) is 3.79. The van der Waals surface area contributed by atoms with Crippen molar-refractivity contribution in [2.45, 2.75) is 12.8 Å². The Balaban J connectivity index is 2.06. The molecule has 0 saturated heterocycles. The van der Waals surface area contributed by atoms with E-state index in [1.165, 1.54) is 5.56 Å². The fourth-order valence-corrected chi connectivity index (χ4v) is 1.60. The van der Waals surface area contributed by atoms with Gasteiger partial charge < -0.3 is 11.1 Å². The van der Waals surface area contributed by atoms with Crippen molar-refractivity contribution in [1.82, 2.24) is 9.97 Å². The molecule has 1 aromatic heterocycles. The zero-order chi connectivity index (χ0) is 11.9. The average molecular weight is 228 g/mol. The summed E-state index contributed by atoms with van der Waals surface area (Å²) in [5.74, 6) is 0.614. The highest BCUT2D eigenvalue weighted by molar-refractivity contribution is 5.54. The molecule has 0 amide bonds. The Bertz CT molecular complexity index is 456. The van der Waals surface area contributed by atoms with Crippen molar-refractivity contribution in [3.05, 3.63) is 48.3 Å². The van der Waals surface area contributed by atoms with Crippen LogP contribution in [0.4, 0.5) is 11.6 Å². The summed E-state index contributed by atoms with van der Waals surface area (Å²) in [6, 6.07) is 10.0. The molecule has 2 aromatic rings. The topological polar surface area (TPSA) is 63.8 Å². The molecule has 0 aliphatic carbocycles. The van der Waals surface area contributed by atoms with Crippen molar-refractivity contribution in [3.63, 3.8) is 0 Å². The Morgan fingerprint density at radius 2 is 1.94 bits per heavy atom. The predicted molar refractivity (Wildman–Crippen MR) is 69.1 cm³/mol. The molecule has 4 heteroatoms. The molecule has 1 aromatic carbocycles. The molecule has 0 aliphatic rings. The van der Waals surface area contributed by atoms with Gasteiger partial charge in [-0.2, -0.15) is 0 Å². The fraction of sp³-hybridized carbons (Fsp3) is 0.231. The van der Waals surface area contributed by atoms with E-state index in [-0.39, 0.29) is 0 Å². The quantitative estimate of drug-likeness (QED) is 0.822. The maximum atomic E-state index is 5.50. The summed E-state index contributed by atoms with van der Waals surface area (Å²) in [5, 5.41) is 3.17. The number of nitrogens with two attached hydrogens (primary N) is 1. The van der Waals surface area contributed by atoms with Gasteiger partial charge in [-0.25, -0.2) is 9.97 Å². The fourth-order valence-electron chi connectivity index (χ4n) is 1.60. The Kier molecular flexibility index (Phi) is 4.05. The molecule has 0 radical (unpaired) electrons. The van der Waals surface area contributed by atoms with E-state index in [0.29, 0.717) is 5.95 Å². The van der Waals surface area contributed by atoms with Crippen LogP contribution < -0.4 is 11.1 Å². The second-order valence-corrected chi connectivity index (χ2v) is 3.79. The molecule has 0 aliphatic heterocycles. The molecule has 0 saturated carbocycles. The van der Waals surface area contributed by atoms with E-state index in [2.05, 4.69) is 27.4 Å². The van der Waals surface area contributed by atoms with Gasteiger partial charge in [0.15, 0.2) is 0 Å². The summed E-state index contributed by atoms with van der Waals surface area (Å²) >= 11 is 0. The molecule has 17 heavy (non-hydrogen) atoms. The highest BCUT2D eigenvalue weighted by Gasteiger charge is 1.98. The van der Waals surface area contributed by atoms with Crippen LogP contribution in [0.3, 0.4) is 0 Å². The first kappa shape index (κ1) is 11.5. The Morgan fingerprint density at radius 3 is 2.71 bits per heavy atom. The molecule has 0 spiro atoms. The van der Waals surface area contributed by atoms with Crippen LogP contribution in [-0.2, 0) is 6.42 Å². The Labute approximate surface area is 101 Å². The number of rotatable bonds is 5. The molecule has 0 unspecified atom stereocenters. The third-order valence-electron chi connectivity index (χ3n) is 2.42. The highest BCUT2D eigenvalue weighted by atomic mass is 15.1. The van der Waals surface area contributed by atoms with E-state index < -0.39 is 0 Å². The highest BCUT2D eigenvalue weighted by Crippen LogP contribution is 2.15. The number of benzene rings is 1. The van der Waals surface area contributed by atoms with Crippen LogP contribution in [0.5, 0.6) is 0 Å². The number of anilines is 2. The van der Waals surface area contributed by atoms with Crippen molar-refractivity contribution in [1.29, 1.82) is 0 Å². The SMILES string of the molecule is NCCCc1cccc(Nc2ncccn2)c1. The molecule has 88 valence electrons. The first-order valence-corrected chi connectivity index (χ1v) is 5.71. The zero-order valence-corrected chi connectivity index (χ0v) is 9.63. The molecule has 2 rings (SSSR count). The number of nitrogens with zero attached hydrogens (tertiary/aromatic N) is 2. The maximum absolute atomic E-state index is 5.50. The predicted octanol–water partition coefficient (Wildman–Crippen LogP) is 2.11. The van der Waals surface area contributed by atoms with Crippen molar-refractivity contribution in [2.75, 3.05) is 11.9 Å².